The maximum atomic E-state index is 12.9. The van der Waals surface area contributed by atoms with E-state index in [9.17, 15) is 22.8 Å². The van der Waals surface area contributed by atoms with E-state index in [1.165, 1.54) is 12.0 Å². The molecule has 32 heavy (non-hydrogen) atoms. The molecule has 0 saturated carbocycles. The molecule has 1 N–H and O–H groups in total. The van der Waals surface area contributed by atoms with E-state index in [-0.39, 0.29) is 36.2 Å². The van der Waals surface area contributed by atoms with Crippen molar-refractivity contribution in [3.05, 3.63) is 59.1 Å². The molecular formula is C21H19ClF3N3O3S. The van der Waals surface area contributed by atoms with Gasteiger partial charge < -0.3 is 10.1 Å². The smallest absolute Gasteiger partial charge is 0.383 e. The van der Waals surface area contributed by atoms with Crippen molar-refractivity contribution in [2.24, 2.45) is 4.99 Å². The maximum Gasteiger partial charge on any atom is 0.416 e. The first-order valence-electron chi connectivity index (χ1n) is 9.46. The van der Waals surface area contributed by atoms with Crippen LogP contribution in [0.1, 0.15) is 12.0 Å². The van der Waals surface area contributed by atoms with Crippen molar-refractivity contribution in [1.29, 1.82) is 0 Å². The van der Waals surface area contributed by atoms with Crippen molar-refractivity contribution in [3.63, 3.8) is 0 Å². The van der Waals surface area contributed by atoms with Crippen LogP contribution in [-0.2, 0) is 20.5 Å². The summed E-state index contributed by atoms with van der Waals surface area (Å²) in [5.41, 5.74) is -0.464. The number of anilines is 1. The lowest BCUT2D eigenvalue weighted by atomic mass is 10.2. The van der Waals surface area contributed by atoms with E-state index in [2.05, 4.69) is 10.3 Å². The van der Waals surface area contributed by atoms with Crippen LogP contribution in [0.15, 0.2) is 53.5 Å². The number of hydrogen-bond donors (Lipinski definition) is 1. The van der Waals surface area contributed by atoms with E-state index in [1.807, 2.05) is 18.2 Å². The van der Waals surface area contributed by atoms with Crippen LogP contribution in [0, 0.1) is 0 Å². The van der Waals surface area contributed by atoms with Crippen LogP contribution in [0.4, 0.5) is 24.5 Å². The third kappa shape index (κ3) is 6.02. The first-order valence-corrected chi connectivity index (χ1v) is 10.7. The van der Waals surface area contributed by atoms with Crippen molar-refractivity contribution in [2.75, 3.05) is 25.6 Å². The lowest BCUT2D eigenvalue weighted by molar-refractivity contribution is -0.137. The highest BCUT2D eigenvalue weighted by Gasteiger charge is 2.39. The van der Waals surface area contributed by atoms with Gasteiger partial charge in [-0.25, -0.2) is 4.99 Å². The number of hydrogen-bond acceptors (Lipinski definition) is 5. The first kappa shape index (κ1) is 24.1. The van der Waals surface area contributed by atoms with Crippen LogP contribution in [0.5, 0.6) is 0 Å². The van der Waals surface area contributed by atoms with Crippen LogP contribution < -0.4 is 5.32 Å². The molecule has 1 aliphatic heterocycles. The van der Waals surface area contributed by atoms with Gasteiger partial charge in [0.2, 0.25) is 11.8 Å². The first-order chi connectivity index (χ1) is 15.2. The van der Waals surface area contributed by atoms with Crippen LogP contribution in [0.3, 0.4) is 0 Å². The molecule has 1 atom stereocenters. The number of amidine groups is 1. The summed E-state index contributed by atoms with van der Waals surface area (Å²) in [6, 6.07) is 11.7. The van der Waals surface area contributed by atoms with Gasteiger partial charge in [0, 0.05) is 13.5 Å². The number of alkyl halides is 3. The highest BCUT2D eigenvalue weighted by atomic mass is 35.5. The number of aliphatic imine (C=N–C) groups is 1. The third-order valence-electron chi connectivity index (χ3n) is 4.46. The number of methoxy groups -OCH3 is 1. The molecule has 1 saturated heterocycles. The number of halogens is 4. The number of para-hydroxylation sites is 1. The summed E-state index contributed by atoms with van der Waals surface area (Å²) >= 11 is 7.05. The van der Waals surface area contributed by atoms with Gasteiger partial charge in [0.15, 0.2) is 5.17 Å². The summed E-state index contributed by atoms with van der Waals surface area (Å²) in [6.45, 7) is 0.532. The highest BCUT2D eigenvalue weighted by molar-refractivity contribution is 8.15. The topological polar surface area (TPSA) is 71.0 Å². The monoisotopic (exact) mass is 485 g/mol. The fraction of sp³-hybridized carbons (Fsp3) is 0.286. The van der Waals surface area contributed by atoms with E-state index in [4.69, 9.17) is 16.3 Å². The molecule has 2 amide bonds. The number of ether oxygens (including phenoxy) is 1. The SMILES string of the molecule is COCCN1C(=O)C(CC(=O)Nc2cc(C(F)(F)F)ccc2Cl)SC1=Nc1ccccc1. The molecule has 11 heteroatoms. The molecular weight excluding hydrogens is 467 g/mol. The van der Waals surface area contributed by atoms with Crippen molar-refractivity contribution >= 4 is 51.7 Å². The molecule has 0 aromatic heterocycles. The van der Waals surface area contributed by atoms with E-state index in [0.29, 0.717) is 10.9 Å². The standard InChI is InChI=1S/C21H19ClF3N3O3S/c1-31-10-9-28-19(30)17(32-20(28)26-14-5-3-2-4-6-14)12-18(29)27-16-11-13(21(23,24)25)7-8-15(16)22/h2-8,11,17H,9-10,12H2,1H3,(H,27,29). The second-order valence-corrected chi connectivity index (χ2v) is 8.34. The molecule has 0 spiro atoms. The van der Waals surface area contributed by atoms with Gasteiger partial charge >= 0.3 is 6.18 Å². The fourth-order valence-corrected chi connectivity index (χ4v) is 4.24. The second-order valence-electron chi connectivity index (χ2n) is 6.76. The number of benzene rings is 2. The van der Waals surface area contributed by atoms with E-state index in [0.717, 1.165) is 30.0 Å². The van der Waals surface area contributed by atoms with Gasteiger partial charge in [-0.05, 0) is 30.3 Å². The van der Waals surface area contributed by atoms with E-state index < -0.39 is 22.9 Å². The summed E-state index contributed by atoms with van der Waals surface area (Å²) < 4.78 is 43.9. The Balaban J connectivity index is 1.75. The molecule has 0 bridgehead atoms. The number of amides is 2. The molecule has 0 radical (unpaired) electrons. The minimum absolute atomic E-state index is 0.0372. The van der Waals surface area contributed by atoms with Crippen LogP contribution >= 0.6 is 23.4 Å². The second kappa shape index (κ2) is 10.4. The molecule has 6 nitrogen and oxygen atoms in total. The summed E-state index contributed by atoms with van der Waals surface area (Å²) in [6.07, 6.45) is -4.83. The largest absolute Gasteiger partial charge is 0.416 e. The molecule has 2 aromatic rings. The average molecular weight is 486 g/mol. The predicted octanol–water partition coefficient (Wildman–Crippen LogP) is 4.97. The van der Waals surface area contributed by atoms with Gasteiger partial charge in [0.1, 0.15) is 5.25 Å². The molecule has 170 valence electrons. The molecule has 1 unspecified atom stereocenters. The zero-order valence-corrected chi connectivity index (χ0v) is 18.4. The zero-order chi connectivity index (χ0) is 23.3. The predicted molar refractivity (Wildman–Crippen MR) is 118 cm³/mol. The zero-order valence-electron chi connectivity index (χ0n) is 16.9. The van der Waals surface area contributed by atoms with Gasteiger partial charge in [0.05, 0.1) is 35.1 Å². The van der Waals surface area contributed by atoms with Crippen molar-refractivity contribution in [2.45, 2.75) is 17.8 Å². The Morgan fingerprint density at radius 1 is 1.25 bits per heavy atom. The summed E-state index contributed by atoms with van der Waals surface area (Å²) in [7, 11) is 1.51. The van der Waals surface area contributed by atoms with Crippen molar-refractivity contribution in [3.8, 4) is 0 Å². The van der Waals surface area contributed by atoms with Gasteiger partial charge in [-0.15, -0.1) is 0 Å². The van der Waals surface area contributed by atoms with E-state index in [1.54, 1.807) is 12.1 Å². The third-order valence-corrected chi connectivity index (χ3v) is 5.96. The summed E-state index contributed by atoms with van der Waals surface area (Å²) in [4.78, 5) is 31.3. The summed E-state index contributed by atoms with van der Waals surface area (Å²) in [5, 5.41) is 1.98. The van der Waals surface area contributed by atoms with Crippen molar-refractivity contribution < 1.29 is 27.5 Å². The molecule has 1 heterocycles. The Morgan fingerprint density at radius 2 is 1.97 bits per heavy atom. The minimum atomic E-state index is -4.58. The van der Waals surface area contributed by atoms with Crippen molar-refractivity contribution in [1.82, 2.24) is 4.90 Å². The molecule has 3 rings (SSSR count). The number of nitrogens with one attached hydrogen (secondary N) is 1. The maximum absolute atomic E-state index is 12.9. The lowest BCUT2D eigenvalue weighted by Gasteiger charge is -2.16. The average Bonchev–Trinajstić information content (AvgIpc) is 3.02. The Morgan fingerprint density at radius 3 is 2.62 bits per heavy atom. The fourth-order valence-electron chi connectivity index (χ4n) is 2.89. The van der Waals surface area contributed by atoms with E-state index >= 15 is 0 Å². The quantitative estimate of drug-likeness (QED) is 0.601. The Bertz CT molecular complexity index is 1020. The highest BCUT2D eigenvalue weighted by Crippen LogP contribution is 2.35. The molecule has 0 aliphatic carbocycles. The number of carbonyl (C=O) groups excluding carboxylic acids is 2. The minimum Gasteiger partial charge on any atom is -0.383 e. The summed E-state index contributed by atoms with van der Waals surface area (Å²) in [5.74, 6) is -0.961. The van der Waals surface area contributed by atoms with Crippen LogP contribution in [-0.4, -0.2) is 47.4 Å². The van der Waals surface area contributed by atoms with Gasteiger partial charge in [-0.3, -0.25) is 14.5 Å². The molecule has 2 aromatic carbocycles. The molecule has 1 fully saturated rings. The lowest BCUT2D eigenvalue weighted by Crippen LogP contribution is -2.35. The Hall–Kier alpha value is -2.56. The number of carbonyl (C=O) groups is 2. The number of thioether (sulfide) groups is 1. The Labute approximate surface area is 191 Å². The normalized spacial score (nSPS) is 17.8. The van der Waals surface area contributed by atoms with Gasteiger partial charge in [-0.1, -0.05) is 41.6 Å². The van der Waals surface area contributed by atoms with Crippen LogP contribution in [0.2, 0.25) is 5.02 Å². The Kier molecular flexibility index (Phi) is 7.81. The van der Waals surface area contributed by atoms with Gasteiger partial charge in [-0.2, -0.15) is 13.2 Å². The molecule has 1 aliphatic rings. The van der Waals surface area contributed by atoms with Gasteiger partial charge in [0.25, 0.3) is 0 Å². The van der Waals surface area contributed by atoms with Crippen LogP contribution in [0.25, 0.3) is 0 Å². The number of nitrogens with zero attached hydrogens (tertiary/aromatic N) is 2. The number of rotatable bonds is 7.